The molecule has 0 fully saturated rings. The molecule has 0 unspecified atom stereocenters. The zero-order valence-electron chi connectivity index (χ0n) is 9.08. The van der Waals surface area contributed by atoms with Crippen molar-refractivity contribution in [1.82, 2.24) is 19.6 Å². The smallest absolute Gasteiger partial charge is 0.339 e. The number of hydrogen-bond acceptors (Lipinski definition) is 3. The van der Waals surface area contributed by atoms with Gasteiger partial charge in [0.25, 0.3) is 0 Å². The molecule has 0 saturated carbocycles. The highest BCUT2D eigenvalue weighted by molar-refractivity contribution is 5.94. The standard InChI is InChI=1S/C10H12N4O2/c1-3-14-6-7(10(15)16)9(12-14)8-4-5-11-13(8)2/h4-6H,3H2,1-2H3,(H,15,16). The molecule has 0 aliphatic carbocycles. The average Bonchev–Trinajstić information content (AvgIpc) is 2.82. The first kappa shape index (κ1) is 10.4. The lowest BCUT2D eigenvalue weighted by atomic mass is 10.2. The minimum atomic E-state index is -0.976. The first-order chi connectivity index (χ1) is 7.63. The van der Waals surface area contributed by atoms with Crippen molar-refractivity contribution >= 4 is 5.97 Å². The average molecular weight is 220 g/mol. The second kappa shape index (κ2) is 3.80. The van der Waals surface area contributed by atoms with Crippen molar-refractivity contribution in [2.75, 3.05) is 0 Å². The Morgan fingerprint density at radius 1 is 1.56 bits per heavy atom. The van der Waals surface area contributed by atoms with E-state index >= 15 is 0 Å². The summed E-state index contributed by atoms with van der Waals surface area (Å²) in [7, 11) is 1.76. The number of carbonyl (C=O) groups is 1. The quantitative estimate of drug-likeness (QED) is 0.837. The van der Waals surface area contributed by atoms with E-state index in [1.165, 1.54) is 6.20 Å². The van der Waals surface area contributed by atoms with Gasteiger partial charge in [0.2, 0.25) is 0 Å². The fourth-order valence-corrected chi connectivity index (χ4v) is 1.54. The highest BCUT2D eigenvalue weighted by Crippen LogP contribution is 2.21. The van der Waals surface area contributed by atoms with Crippen LogP contribution in [0, 0.1) is 0 Å². The van der Waals surface area contributed by atoms with Crippen LogP contribution in [-0.4, -0.2) is 30.6 Å². The second-order valence-corrected chi connectivity index (χ2v) is 3.39. The van der Waals surface area contributed by atoms with E-state index in [1.807, 2.05) is 6.92 Å². The molecule has 0 aliphatic rings. The minimum Gasteiger partial charge on any atom is -0.478 e. The highest BCUT2D eigenvalue weighted by Gasteiger charge is 2.18. The van der Waals surface area contributed by atoms with E-state index in [2.05, 4.69) is 10.2 Å². The normalized spacial score (nSPS) is 10.6. The van der Waals surface area contributed by atoms with Gasteiger partial charge in [0, 0.05) is 26.0 Å². The Hall–Kier alpha value is -2.11. The van der Waals surface area contributed by atoms with Gasteiger partial charge in [-0.1, -0.05) is 0 Å². The van der Waals surface area contributed by atoms with Crippen LogP contribution in [0.1, 0.15) is 17.3 Å². The van der Waals surface area contributed by atoms with Gasteiger partial charge in [-0.25, -0.2) is 4.79 Å². The maximum absolute atomic E-state index is 11.1. The van der Waals surface area contributed by atoms with Crippen molar-refractivity contribution < 1.29 is 9.90 Å². The summed E-state index contributed by atoms with van der Waals surface area (Å²) in [6, 6.07) is 1.74. The lowest BCUT2D eigenvalue weighted by Gasteiger charge is -1.98. The molecule has 2 aromatic heterocycles. The Bertz CT molecular complexity index is 527. The number of aromatic carboxylic acids is 1. The van der Waals surface area contributed by atoms with Crippen LogP contribution in [0.4, 0.5) is 0 Å². The molecule has 0 aliphatic heterocycles. The highest BCUT2D eigenvalue weighted by atomic mass is 16.4. The Morgan fingerprint density at radius 3 is 2.81 bits per heavy atom. The van der Waals surface area contributed by atoms with Crippen LogP contribution >= 0.6 is 0 Å². The zero-order chi connectivity index (χ0) is 11.7. The fraction of sp³-hybridized carbons (Fsp3) is 0.300. The van der Waals surface area contributed by atoms with E-state index in [0.29, 0.717) is 17.9 Å². The molecule has 16 heavy (non-hydrogen) atoms. The molecule has 0 spiro atoms. The van der Waals surface area contributed by atoms with Crippen molar-refractivity contribution in [2.24, 2.45) is 7.05 Å². The molecular formula is C10H12N4O2. The topological polar surface area (TPSA) is 72.9 Å². The molecule has 2 rings (SSSR count). The van der Waals surface area contributed by atoms with Gasteiger partial charge in [0.05, 0.1) is 5.69 Å². The Labute approximate surface area is 92.1 Å². The lowest BCUT2D eigenvalue weighted by molar-refractivity contribution is 0.0697. The van der Waals surface area contributed by atoms with E-state index in [-0.39, 0.29) is 5.56 Å². The molecule has 84 valence electrons. The van der Waals surface area contributed by atoms with Crippen molar-refractivity contribution in [1.29, 1.82) is 0 Å². The Balaban J connectivity index is 2.59. The van der Waals surface area contributed by atoms with Crippen LogP contribution in [0.15, 0.2) is 18.5 Å². The van der Waals surface area contributed by atoms with Crippen molar-refractivity contribution in [3.05, 3.63) is 24.0 Å². The molecule has 2 aromatic rings. The van der Waals surface area contributed by atoms with E-state index < -0.39 is 5.97 Å². The second-order valence-electron chi connectivity index (χ2n) is 3.39. The minimum absolute atomic E-state index is 0.199. The van der Waals surface area contributed by atoms with Gasteiger partial charge in [-0.15, -0.1) is 0 Å². The number of aromatic nitrogens is 4. The van der Waals surface area contributed by atoms with Gasteiger partial charge in [-0.05, 0) is 13.0 Å². The third kappa shape index (κ3) is 1.58. The molecule has 2 heterocycles. The molecule has 1 N–H and O–H groups in total. The van der Waals surface area contributed by atoms with E-state index in [0.717, 1.165) is 0 Å². The molecule has 6 nitrogen and oxygen atoms in total. The molecule has 0 atom stereocenters. The third-order valence-corrected chi connectivity index (χ3v) is 2.38. The summed E-state index contributed by atoms with van der Waals surface area (Å²) in [4.78, 5) is 11.1. The first-order valence-corrected chi connectivity index (χ1v) is 4.92. The van der Waals surface area contributed by atoms with Crippen LogP contribution < -0.4 is 0 Å². The molecule has 0 aromatic carbocycles. The number of rotatable bonds is 3. The number of carboxylic acids is 1. The maximum atomic E-state index is 11.1. The molecular weight excluding hydrogens is 208 g/mol. The number of hydrogen-bond donors (Lipinski definition) is 1. The van der Waals surface area contributed by atoms with Crippen molar-refractivity contribution in [3.8, 4) is 11.4 Å². The van der Waals surface area contributed by atoms with E-state index in [9.17, 15) is 4.79 Å². The maximum Gasteiger partial charge on any atom is 0.339 e. The summed E-state index contributed by atoms with van der Waals surface area (Å²) >= 11 is 0. The van der Waals surface area contributed by atoms with Gasteiger partial charge in [0.15, 0.2) is 0 Å². The molecule has 0 bridgehead atoms. The Morgan fingerprint density at radius 2 is 2.31 bits per heavy atom. The monoisotopic (exact) mass is 220 g/mol. The zero-order valence-corrected chi connectivity index (χ0v) is 9.08. The summed E-state index contributed by atoms with van der Waals surface area (Å²) in [5.41, 5.74) is 1.35. The summed E-state index contributed by atoms with van der Waals surface area (Å²) in [5.74, 6) is -0.976. The predicted octanol–water partition coefficient (Wildman–Crippen LogP) is 1.00. The Kier molecular flexibility index (Phi) is 2.47. The van der Waals surface area contributed by atoms with Crippen LogP contribution in [0.3, 0.4) is 0 Å². The largest absolute Gasteiger partial charge is 0.478 e. The summed E-state index contributed by atoms with van der Waals surface area (Å²) in [5, 5.41) is 17.3. The predicted molar refractivity (Wildman–Crippen MR) is 57.1 cm³/mol. The number of aryl methyl sites for hydroxylation is 2. The van der Waals surface area contributed by atoms with Gasteiger partial charge in [0.1, 0.15) is 11.3 Å². The van der Waals surface area contributed by atoms with Crippen LogP contribution in [0.2, 0.25) is 0 Å². The summed E-state index contributed by atoms with van der Waals surface area (Å²) < 4.78 is 3.21. The number of nitrogens with zero attached hydrogens (tertiary/aromatic N) is 4. The fourth-order valence-electron chi connectivity index (χ4n) is 1.54. The third-order valence-electron chi connectivity index (χ3n) is 2.38. The molecule has 6 heteroatoms. The van der Waals surface area contributed by atoms with Crippen LogP contribution in [0.25, 0.3) is 11.4 Å². The van der Waals surface area contributed by atoms with E-state index in [4.69, 9.17) is 5.11 Å². The molecule has 0 amide bonds. The van der Waals surface area contributed by atoms with Crippen LogP contribution in [-0.2, 0) is 13.6 Å². The van der Waals surface area contributed by atoms with Gasteiger partial charge >= 0.3 is 5.97 Å². The lowest BCUT2D eigenvalue weighted by Crippen LogP contribution is -2.00. The summed E-state index contributed by atoms with van der Waals surface area (Å²) in [6.07, 6.45) is 3.15. The molecule has 0 radical (unpaired) electrons. The van der Waals surface area contributed by atoms with Gasteiger partial charge < -0.3 is 5.11 Å². The number of carboxylic acid groups (broad SMARTS) is 1. The summed E-state index contributed by atoms with van der Waals surface area (Å²) in [6.45, 7) is 2.55. The SMILES string of the molecule is CCn1cc(C(=O)O)c(-c2ccnn2C)n1. The molecule has 0 saturated heterocycles. The van der Waals surface area contributed by atoms with Gasteiger partial charge in [-0.3, -0.25) is 9.36 Å². The van der Waals surface area contributed by atoms with Crippen LogP contribution in [0.5, 0.6) is 0 Å². The van der Waals surface area contributed by atoms with Crippen molar-refractivity contribution in [3.63, 3.8) is 0 Å². The van der Waals surface area contributed by atoms with Crippen molar-refractivity contribution in [2.45, 2.75) is 13.5 Å². The van der Waals surface area contributed by atoms with Gasteiger partial charge in [-0.2, -0.15) is 10.2 Å². The van der Waals surface area contributed by atoms with E-state index in [1.54, 1.807) is 28.7 Å². The first-order valence-electron chi connectivity index (χ1n) is 4.92.